The molecular weight excluding hydrogens is 502 g/mol. The summed E-state index contributed by atoms with van der Waals surface area (Å²) in [7, 11) is 3.97. The quantitative estimate of drug-likeness (QED) is 0.437. The van der Waals surface area contributed by atoms with E-state index in [2.05, 4.69) is 32.8 Å². The van der Waals surface area contributed by atoms with Crippen LogP contribution < -0.4 is 10.2 Å². The van der Waals surface area contributed by atoms with Crippen molar-refractivity contribution in [3.05, 3.63) is 59.8 Å². The molecule has 212 valence electrons. The lowest BCUT2D eigenvalue weighted by Gasteiger charge is -2.28. The molecule has 2 aromatic heterocycles. The summed E-state index contributed by atoms with van der Waals surface area (Å²) in [4.78, 5) is 42.3. The van der Waals surface area contributed by atoms with E-state index in [0.29, 0.717) is 18.1 Å². The molecule has 2 fully saturated rings. The molecule has 0 saturated carbocycles. The van der Waals surface area contributed by atoms with Crippen LogP contribution in [0.15, 0.2) is 48.7 Å². The van der Waals surface area contributed by atoms with Crippen molar-refractivity contribution in [2.45, 2.75) is 51.5 Å². The number of fused-ring (bicyclic) bond motifs is 1. The lowest BCUT2D eigenvalue weighted by Crippen LogP contribution is -2.35. The minimum Gasteiger partial charge on any atom is -0.357 e. The Balaban J connectivity index is 1.43. The molecule has 40 heavy (non-hydrogen) atoms. The minimum absolute atomic E-state index is 0.00329. The second kappa shape index (κ2) is 12.6. The van der Waals surface area contributed by atoms with Gasteiger partial charge in [-0.25, -0.2) is 9.97 Å². The topological polar surface area (TPSA) is 86.6 Å². The van der Waals surface area contributed by atoms with Crippen LogP contribution in [0.1, 0.15) is 60.5 Å². The van der Waals surface area contributed by atoms with Crippen LogP contribution in [0, 0.1) is 6.92 Å². The summed E-state index contributed by atoms with van der Waals surface area (Å²) in [6.45, 7) is 6.03. The molecule has 5 rings (SSSR count). The Morgan fingerprint density at radius 3 is 2.67 bits per heavy atom. The predicted octanol–water partition coefficient (Wildman–Crippen LogP) is 4.65. The van der Waals surface area contributed by atoms with Gasteiger partial charge in [0.05, 0.1) is 17.1 Å². The highest BCUT2D eigenvalue weighted by molar-refractivity contribution is 6.04. The van der Waals surface area contributed by atoms with Crippen molar-refractivity contribution >= 4 is 34.6 Å². The molecule has 9 nitrogen and oxygen atoms in total. The molecule has 0 aliphatic carbocycles. The first-order valence-electron chi connectivity index (χ1n) is 14.5. The molecular formula is C31H41N7O2. The van der Waals surface area contributed by atoms with Crippen molar-refractivity contribution in [2.24, 2.45) is 0 Å². The number of amides is 2. The number of anilines is 2. The summed E-state index contributed by atoms with van der Waals surface area (Å²) in [5.41, 5.74) is 3.50. The normalized spacial score (nSPS) is 18.4. The Hall–Kier alpha value is -3.72. The largest absolute Gasteiger partial charge is 0.357 e. The monoisotopic (exact) mass is 543 g/mol. The third kappa shape index (κ3) is 6.36. The molecule has 1 atom stereocenters. The molecule has 0 radical (unpaired) electrons. The number of likely N-dealkylation sites (N-methyl/N-ethyl adjacent to an activating group) is 1. The second-order valence-electron chi connectivity index (χ2n) is 11.3. The first kappa shape index (κ1) is 27.8. The van der Waals surface area contributed by atoms with Gasteiger partial charge in [0, 0.05) is 50.6 Å². The SMILES string of the molecule is Cc1cccc2nc(NC(=O)c3ccnc(N4CCCCC4)c3)n(C3CCCCN(C(=O)/C=C/CN(C)C)C3)c12. The van der Waals surface area contributed by atoms with Gasteiger partial charge in [-0.05, 0) is 83.3 Å². The average molecular weight is 544 g/mol. The van der Waals surface area contributed by atoms with Crippen LogP contribution in [0.4, 0.5) is 11.8 Å². The summed E-state index contributed by atoms with van der Waals surface area (Å²) in [6.07, 6.45) is 11.7. The van der Waals surface area contributed by atoms with Gasteiger partial charge in [-0.3, -0.25) is 14.9 Å². The fraction of sp³-hybridized carbons (Fsp3) is 0.484. The van der Waals surface area contributed by atoms with E-state index < -0.39 is 0 Å². The van der Waals surface area contributed by atoms with Gasteiger partial charge in [-0.15, -0.1) is 0 Å². The number of benzene rings is 1. The molecule has 2 amide bonds. The molecule has 0 spiro atoms. The Morgan fingerprint density at radius 2 is 1.88 bits per heavy atom. The Labute approximate surface area is 236 Å². The molecule has 0 bridgehead atoms. The lowest BCUT2D eigenvalue weighted by atomic mass is 10.1. The minimum atomic E-state index is -0.206. The second-order valence-corrected chi connectivity index (χ2v) is 11.3. The summed E-state index contributed by atoms with van der Waals surface area (Å²) < 4.78 is 2.16. The van der Waals surface area contributed by atoms with Gasteiger partial charge >= 0.3 is 0 Å². The van der Waals surface area contributed by atoms with Crippen LogP contribution in [0.2, 0.25) is 0 Å². The van der Waals surface area contributed by atoms with Crippen molar-refractivity contribution in [1.82, 2.24) is 24.3 Å². The average Bonchev–Trinajstić information content (AvgIpc) is 3.15. The van der Waals surface area contributed by atoms with E-state index in [9.17, 15) is 9.59 Å². The van der Waals surface area contributed by atoms with E-state index in [1.807, 2.05) is 48.2 Å². The maximum atomic E-state index is 13.6. The molecule has 1 aromatic carbocycles. The first-order valence-corrected chi connectivity index (χ1v) is 14.5. The number of likely N-dealkylation sites (tertiary alicyclic amines) is 1. The van der Waals surface area contributed by atoms with Crippen LogP contribution in [0.3, 0.4) is 0 Å². The third-order valence-electron chi connectivity index (χ3n) is 7.88. The van der Waals surface area contributed by atoms with Crippen molar-refractivity contribution in [3.63, 3.8) is 0 Å². The number of pyridine rings is 1. The van der Waals surface area contributed by atoms with Gasteiger partial charge in [-0.1, -0.05) is 18.2 Å². The van der Waals surface area contributed by atoms with Crippen LogP contribution in [0.25, 0.3) is 11.0 Å². The maximum absolute atomic E-state index is 13.6. The number of nitrogens with one attached hydrogen (secondary N) is 1. The smallest absolute Gasteiger partial charge is 0.258 e. The van der Waals surface area contributed by atoms with E-state index in [1.54, 1.807) is 18.3 Å². The highest BCUT2D eigenvalue weighted by Crippen LogP contribution is 2.32. The van der Waals surface area contributed by atoms with Gasteiger partial charge in [0.15, 0.2) is 0 Å². The van der Waals surface area contributed by atoms with Gasteiger partial charge in [0.1, 0.15) is 5.82 Å². The zero-order valence-electron chi connectivity index (χ0n) is 24.0. The fourth-order valence-electron chi connectivity index (χ4n) is 5.79. The highest BCUT2D eigenvalue weighted by Gasteiger charge is 2.27. The predicted molar refractivity (Wildman–Crippen MR) is 160 cm³/mol. The van der Waals surface area contributed by atoms with Gasteiger partial charge in [0.2, 0.25) is 11.9 Å². The molecule has 3 aromatic rings. The number of carbonyl (C=O) groups excluding carboxylic acids is 2. The van der Waals surface area contributed by atoms with Crippen molar-refractivity contribution in [1.29, 1.82) is 0 Å². The fourth-order valence-corrected chi connectivity index (χ4v) is 5.79. The first-order chi connectivity index (χ1) is 19.4. The van der Waals surface area contributed by atoms with Gasteiger partial charge < -0.3 is 19.3 Å². The molecule has 9 heteroatoms. The van der Waals surface area contributed by atoms with Gasteiger partial charge in [0.25, 0.3) is 5.91 Å². The summed E-state index contributed by atoms with van der Waals surface area (Å²) in [6, 6.07) is 9.68. The van der Waals surface area contributed by atoms with E-state index in [4.69, 9.17) is 4.98 Å². The number of hydrogen-bond donors (Lipinski definition) is 1. The van der Waals surface area contributed by atoms with Crippen molar-refractivity contribution < 1.29 is 9.59 Å². The summed E-state index contributed by atoms with van der Waals surface area (Å²) >= 11 is 0. The van der Waals surface area contributed by atoms with E-state index in [0.717, 1.165) is 80.7 Å². The number of piperidine rings is 1. The Morgan fingerprint density at radius 1 is 1.07 bits per heavy atom. The Kier molecular flexibility index (Phi) is 8.79. The van der Waals surface area contributed by atoms with Gasteiger partial charge in [-0.2, -0.15) is 0 Å². The number of para-hydroxylation sites is 1. The van der Waals surface area contributed by atoms with Crippen molar-refractivity contribution in [2.75, 3.05) is 57.0 Å². The number of nitrogens with zero attached hydrogens (tertiary/aromatic N) is 6. The van der Waals surface area contributed by atoms with Crippen LogP contribution >= 0.6 is 0 Å². The van der Waals surface area contributed by atoms with E-state index in [-0.39, 0.29) is 17.9 Å². The lowest BCUT2D eigenvalue weighted by molar-refractivity contribution is -0.126. The molecule has 1 unspecified atom stereocenters. The zero-order chi connectivity index (χ0) is 28.1. The third-order valence-corrected chi connectivity index (χ3v) is 7.88. The zero-order valence-corrected chi connectivity index (χ0v) is 24.0. The Bertz CT molecular complexity index is 1370. The van der Waals surface area contributed by atoms with Crippen LogP contribution in [-0.4, -0.2) is 83.0 Å². The summed E-state index contributed by atoms with van der Waals surface area (Å²) in [5, 5.41) is 3.13. The molecule has 2 saturated heterocycles. The highest BCUT2D eigenvalue weighted by atomic mass is 16.2. The van der Waals surface area contributed by atoms with Crippen molar-refractivity contribution in [3.8, 4) is 0 Å². The molecule has 2 aliphatic heterocycles. The number of carbonyl (C=O) groups is 2. The number of aryl methyl sites for hydroxylation is 1. The van der Waals surface area contributed by atoms with Crippen LogP contribution in [0.5, 0.6) is 0 Å². The summed E-state index contributed by atoms with van der Waals surface area (Å²) in [5.74, 6) is 1.19. The molecule has 4 heterocycles. The standard InChI is InChI=1S/C31H41N7O2/c1-23-11-9-13-26-29(23)38(25-12-5-8-20-37(22-25)28(39)14-10-17-35(2)3)31(33-26)34-30(40)24-15-16-32-27(21-24)36-18-6-4-7-19-36/h9-11,13-16,21,25H,4-8,12,17-20,22H2,1-3H3,(H,33,34,40)/b14-10+. The maximum Gasteiger partial charge on any atom is 0.258 e. The number of hydrogen-bond acceptors (Lipinski definition) is 6. The number of rotatable bonds is 7. The molecule has 1 N–H and O–H groups in total. The number of aromatic nitrogens is 3. The van der Waals surface area contributed by atoms with E-state index >= 15 is 0 Å². The van der Waals surface area contributed by atoms with Crippen LogP contribution in [-0.2, 0) is 4.79 Å². The van der Waals surface area contributed by atoms with E-state index in [1.165, 1.54) is 6.42 Å². The number of imidazole rings is 1. The molecule has 2 aliphatic rings.